The summed E-state index contributed by atoms with van der Waals surface area (Å²) in [5.41, 5.74) is 2.56. The molecule has 0 bridgehead atoms. The molecule has 0 spiro atoms. The van der Waals surface area contributed by atoms with Gasteiger partial charge in [-0.3, -0.25) is 0 Å². The van der Waals surface area contributed by atoms with Crippen LogP contribution in [-0.4, -0.2) is 17.0 Å². The first kappa shape index (κ1) is 14.0. The van der Waals surface area contributed by atoms with E-state index in [0.29, 0.717) is 5.57 Å². The number of halogens is 2. The van der Waals surface area contributed by atoms with Gasteiger partial charge in [0.1, 0.15) is 11.6 Å². The van der Waals surface area contributed by atoms with Crippen molar-refractivity contribution in [2.24, 2.45) is 0 Å². The van der Waals surface area contributed by atoms with Crippen LogP contribution in [0.1, 0.15) is 37.4 Å². The van der Waals surface area contributed by atoms with Crippen molar-refractivity contribution in [2.45, 2.75) is 32.6 Å². The van der Waals surface area contributed by atoms with Crippen LogP contribution in [0.15, 0.2) is 23.6 Å². The van der Waals surface area contributed by atoms with Crippen LogP contribution in [0, 0.1) is 0 Å². The van der Waals surface area contributed by atoms with E-state index in [4.69, 9.17) is 11.6 Å². The van der Waals surface area contributed by atoms with Gasteiger partial charge in [0, 0.05) is 18.5 Å². The molecule has 0 amide bonds. The molecule has 0 aromatic carbocycles. The topological polar surface area (TPSA) is 37.8 Å². The summed E-state index contributed by atoms with van der Waals surface area (Å²) in [4.78, 5) is 8.47. The number of hydrogen-bond acceptors (Lipinski definition) is 3. The second kappa shape index (κ2) is 5.70. The number of hydrogen-bond donors (Lipinski definition) is 1. The number of allylic oxidation sites excluding steroid dienone is 4. The van der Waals surface area contributed by atoms with Crippen molar-refractivity contribution in [1.29, 1.82) is 0 Å². The van der Waals surface area contributed by atoms with E-state index in [-0.39, 0.29) is 17.0 Å². The summed E-state index contributed by atoms with van der Waals surface area (Å²) in [7, 11) is 1.80. The van der Waals surface area contributed by atoms with Crippen LogP contribution in [0.3, 0.4) is 0 Å². The van der Waals surface area contributed by atoms with Gasteiger partial charge < -0.3 is 5.32 Å². The highest BCUT2D eigenvalue weighted by Crippen LogP contribution is 2.42. The van der Waals surface area contributed by atoms with E-state index in [1.807, 2.05) is 13.0 Å². The lowest BCUT2D eigenvalue weighted by Gasteiger charge is -2.14. The van der Waals surface area contributed by atoms with E-state index >= 15 is 0 Å². The summed E-state index contributed by atoms with van der Waals surface area (Å²) < 4.78 is 13.9. The van der Waals surface area contributed by atoms with Gasteiger partial charge in [-0.15, -0.1) is 0 Å². The van der Waals surface area contributed by atoms with Gasteiger partial charge in [0.05, 0.1) is 5.69 Å². The Bertz CT molecular complexity index is 552. The van der Waals surface area contributed by atoms with E-state index in [0.717, 1.165) is 29.9 Å². The minimum Gasteiger partial charge on any atom is -0.373 e. The largest absolute Gasteiger partial charge is 0.373 e. The number of fused-ring (bicyclic) bond motifs is 1. The number of nitrogens with one attached hydrogen (secondary N) is 1. The fraction of sp³-hybridized carbons (Fsp3) is 0.429. The summed E-state index contributed by atoms with van der Waals surface area (Å²) in [6.07, 6.45) is 4.96. The number of nitrogens with zero attached hydrogens (tertiary/aromatic N) is 2. The molecular formula is C14H17ClFN3. The van der Waals surface area contributed by atoms with Crippen LogP contribution in [0.25, 0.3) is 0 Å². The highest BCUT2D eigenvalue weighted by atomic mass is 35.5. The maximum atomic E-state index is 13.9. The molecule has 2 rings (SSSR count). The highest BCUT2D eigenvalue weighted by Gasteiger charge is 2.31. The van der Waals surface area contributed by atoms with Gasteiger partial charge in [-0.25, -0.2) is 14.4 Å². The Morgan fingerprint density at radius 3 is 2.68 bits per heavy atom. The van der Waals surface area contributed by atoms with Crippen molar-refractivity contribution >= 4 is 17.4 Å². The predicted molar refractivity (Wildman–Crippen MR) is 76.3 cm³/mol. The number of anilines is 1. The first-order chi connectivity index (χ1) is 9.12. The van der Waals surface area contributed by atoms with Crippen molar-refractivity contribution in [2.75, 3.05) is 12.4 Å². The van der Waals surface area contributed by atoms with Gasteiger partial charge in [0.25, 0.3) is 0 Å². The quantitative estimate of drug-likeness (QED) is 0.672. The molecule has 19 heavy (non-hydrogen) atoms. The molecule has 1 atom stereocenters. The Labute approximate surface area is 117 Å². The zero-order valence-electron chi connectivity index (χ0n) is 11.3. The standard InChI is InChI=1S/C14H17ClFN3/c1-4-8(11(16)5-2)9-6-7-10-12(9)18-14(15)19-13(10)17-3/h4-5,9H,6-7H2,1-3H3,(H,17,18,19)/b8-4-,11-5+. The zero-order chi connectivity index (χ0) is 14.0. The smallest absolute Gasteiger partial charge is 0.224 e. The van der Waals surface area contributed by atoms with E-state index in [1.165, 1.54) is 6.08 Å². The molecular weight excluding hydrogens is 265 g/mol. The molecule has 0 aliphatic heterocycles. The molecule has 1 aliphatic rings. The molecule has 5 heteroatoms. The molecule has 0 saturated carbocycles. The average Bonchev–Trinajstić information content (AvgIpc) is 2.82. The van der Waals surface area contributed by atoms with Gasteiger partial charge in [-0.05, 0) is 43.9 Å². The summed E-state index contributed by atoms with van der Waals surface area (Å²) in [6, 6.07) is 0. The number of aromatic nitrogens is 2. The van der Waals surface area contributed by atoms with Crippen LogP contribution in [0.4, 0.5) is 10.2 Å². The van der Waals surface area contributed by atoms with Crippen LogP contribution in [-0.2, 0) is 6.42 Å². The minimum atomic E-state index is -0.193. The molecule has 1 heterocycles. The SMILES string of the molecule is C/C=C(\C(F)=C/C)C1CCc2c(NC)nc(Cl)nc21. The van der Waals surface area contributed by atoms with Crippen LogP contribution < -0.4 is 5.32 Å². The van der Waals surface area contributed by atoms with Crippen LogP contribution in [0.2, 0.25) is 5.28 Å². The van der Waals surface area contributed by atoms with Crippen LogP contribution >= 0.6 is 11.6 Å². The third kappa shape index (κ3) is 2.50. The molecule has 1 aliphatic carbocycles. The minimum absolute atomic E-state index is 0.0381. The second-order valence-corrected chi connectivity index (χ2v) is 4.76. The summed E-state index contributed by atoms with van der Waals surface area (Å²) in [5.74, 6) is 0.513. The van der Waals surface area contributed by atoms with Gasteiger partial charge in [0.2, 0.25) is 5.28 Å². The predicted octanol–water partition coefficient (Wildman–Crippen LogP) is 4.02. The van der Waals surface area contributed by atoms with E-state index in [1.54, 1.807) is 14.0 Å². The molecule has 1 unspecified atom stereocenters. The van der Waals surface area contributed by atoms with Crippen molar-refractivity contribution in [3.63, 3.8) is 0 Å². The first-order valence-corrected chi connectivity index (χ1v) is 6.72. The zero-order valence-corrected chi connectivity index (χ0v) is 12.1. The maximum Gasteiger partial charge on any atom is 0.224 e. The average molecular weight is 282 g/mol. The summed E-state index contributed by atoms with van der Waals surface area (Å²) in [6.45, 7) is 3.54. The van der Waals surface area contributed by atoms with Crippen molar-refractivity contribution in [3.8, 4) is 0 Å². The molecule has 0 fully saturated rings. The maximum absolute atomic E-state index is 13.9. The van der Waals surface area contributed by atoms with Crippen molar-refractivity contribution in [3.05, 3.63) is 40.1 Å². The molecule has 0 saturated heterocycles. The monoisotopic (exact) mass is 281 g/mol. The Morgan fingerprint density at radius 1 is 1.37 bits per heavy atom. The third-order valence-corrected chi connectivity index (χ3v) is 3.65. The lowest BCUT2D eigenvalue weighted by Crippen LogP contribution is -2.05. The van der Waals surface area contributed by atoms with Gasteiger partial charge in [0.15, 0.2) is 0 Å². The van der Waals surface area contributed by atoms with Crippen molar-refractivity contribution in [1.82, 2.24) is 9.97 Å². The molecule has 102 valence electrons. The fourth-order valence-corrected chi connectivity index (χ4v) is 2.79. The summed E-state index contributed by atoms with van der Waals surface area (Å²) >= 11 is 5.94. The molecule has 1 aromatic heterocycles. The normalized spacial score (nSPS) is 19.5. The first-order valence-electron chi connectivity index (χ1n) is 6.34. The lowest BCUT2D eigenvalue weighted by atomic mass is 9.95. The fourth-order valence-electron chi connectivity index (χ4n) is 2.61. The third-order valence-electron chi connectivity index (χ3n) is 3.48. The summed E-state index contributed by atoms with van der Waals surface area (Å²) in [5, 5.41) is 3.23. The second-order valence-electron chi connectivity index (χ2n) is 4.43. The molecule has 1 aromatic rings. The van der Waals surface area contributed by atoms with Gasteiger partial charge in [-0.1, -0.05) is 12.2 Å². The van der Waals surface area contributed by atoms with Crippen molar-refractivity contribution < 1.29 is 4.39 Å². The van der Waals surface area contributed by atoms with E-state index in [2.05, 4.69) is 15.3 Å². The lowest BCUT2D eigenvalue weighted by molar-refractivity contribution is 0.611. The Balaban J connectivity index is 2.50. The van der Waals surface area contributed by atoms with E-state index in [9.17, 15) is 4.39 Å². The molecule has 0 radical (unpaired) electrons. The Morgan fingerprint density at radius 2 is 2.11 bits per heavy atom. The van der Waals surface area contributed by atoms with E-state index < -0.39 is 0 Å². The van der Waals surface area contributed by atoms with Crippen LogP contribution in [0.5, 0.6) is 0 Å². The molecule has 1 N–H and O–H groups in total. The van der Waals surface area contributed by atoms with Gasteiger partial charge >= 0.3 is 0 Å². The molecule has 3 nitrogen and oxygen atoms in total. The van der Waals surface area contributed by atoms with Gasteiger partial charge in [-0.2, -0.15) is 0 Å². The number of rotatable bonds is 3. The Hall–Kier alpha value is -1.42. The Kier molecular flexibility index (Phi) is 4.20. The highest BCUT2D eigenvalue weighted by molar-refractivity contribution is 6.28.